The van der Waals surface area contributed by atoms with E-state index in [1.807, 2.05) is 36.7 Å². The number of aromatic nitrogens is 3. The number of hydrogen-bond acceptors (Lipinski definition) is 8. The molecule has 5 rings (SSSR count). The highest BCUT2D eigenvalue weighted by Crippen LogP contribution is 2.34. The summed E-state index contributed by atoms with van der Waals surface area (Å²) in [7, 11) is 3.28. The van der Waals surface area contributed by atoms with Crippen molar-refractivity contribution in [3.63, 3.8) is 0 Å². The van der Waals surface area contributed by atoms with Gasteiger partial charge in [0.2, 0.25) is 5.91 Å². The second-order valence-corrected chi connectivity index (χ2v) is 9.99. The molecular weight excluding hydrogens is 482 g/mol. The molecule has 2 aromatic heterocycles. The molecule has 202 valence electrons. The molecule has 2 aliphatic heterocycles. The van der Waals surface area contributed by atoms with E-state index < -0.39 is 0 Å². The number of anilines is 3. The van der Waals surface area contributed by atoms with Crippen molar-refractivity contribution in [2.24, 2.45) is 11.7 Å². The number of nitrogens with one attached hydrogen (secondary N) is 1. The van der Waals surface area contributed by atoms with Gasteiger partial charge in [0.1, 0.15) is 5.82 Å². The number of primary amides is 1. The molecule has 2 aliphatic rings. The highest BCUT2D eigenvalue weighted by atomic mass is 16.5. The smallest absolute Gasteiger partial charge is 0.222 e. The van der Waals surface area contributed by atoms with Crippen LogP contribution < -0.4 is 30.3 Å². The third-order valence-electron chi connectivity index (χ3n) is 7.57. The largest absolute Gasteiger partial charge is 0.493 e. The summed E-state index contributed by atoms with van der Waals surface area (Å²) in [4.78, 5) is 21.0. The molecule has 3 aromatic rings. The fourth-order valence-corrected chi connectivity index (χ4v) is 5.40. The maximum Gasteiger partial charge on any atom is 0.222 e. The number of piperidine rings is 2. The van der Waals surface area contributed by atoms with E-state index in [1.54, 1.807) is 14.2 Å². The minimum atomic E-state index is -0.232. The summed E-state index contributed by atoms with van der Waals surface area (Å²) in [5.41, 5.74) is 8.69. The van der Waals surface area contributed by atoms with Gasteiger partial charge in [-0.05, 0) is 62.5 Å². The first kappa shape index (κ1) is 25.8. The molecule has 0 radical (unpaired) electrons. The van der Waals surface area contributed by atoms with E-state index in [0.717, 1.165) is 68.1 Å². The van der Waals surface area contributed by atoms with E-state index in [-0.39, 0.29) is 11.8 Å². The molecule has 10 heteroatoms. The molecule has 0 aliphatic carbocycles. The molecule has 4 heterocycles. The Balaban J connectivity index is 1.47. The number of benzene rings is 1. The summed E-state index contributed by atoms with van der Waals surface area (Å²) in [6, 6.07) is 10.4. The first-order chi connectivity index (χ1) is 18.6. The Morgan fingerprint density at radius 3 is 2.71 bits per heavy atom. The fraction of sp³-hybridized carbons (Fsp3) is 0.464. The zero-order chi connectivity index (χ0) is 26.5. The van der Waals surface area contributed by atoms with Gasteiger partial charge in [0.15, 0.2) is 11.5 Å². The minimum Gasteiger partial charge on any atom is -0.493 e. The van der Waals surface area contributed by atoms with Gasteiger partial charge in [-0.25, -0.2) is 4.98 Å². The number of carbonyl (C=O) groups is 1. The van der Waals surface area contributed by atoms with E-state index >= 15 is 0 Å². The van der Waals surface area contributed by atoms with Crippen LogP contribution in [0.5, 0.6) is 11.5 Å². The van der Waals surface area contributed by atoms with Crippen LogP contribution in [0.2, 0.25) is 0 Å². The number of methoxy groups -OCH3 is 2. The van der Waals surface area contributed by atoms with Crippen molar-refractivity contribution >= 4 is 23.1 Å². The Hall–Kier alpha value is -3.79. The lowest BCUT2D eigenvalue weighted by atomic mass is 9.97. The normalized spacial score (nSPS) is 18.3. The van der Waals surface area contributed by atoms with Crippen molar-refractivity contribution in [1.82, 2.24) is 20.1 Å². The molecule has 38 heavy (non-hydrogen) atoms. The van der Waals surface area contributed by atoms with E-state index in [1.165, 1.54) is 0 Å². The second kappa shape index (κ2) is 11.7. The van der Waals surface area contributed by atoms with Crippen LogP contribution in [0.25, 0.3) is 0 Å². The maximum atomic E-state index is 11.9. The predicted molar refractivity (Wildman–Crippen MR) is 147 cm³/mol. The molecule has 0 spiro atoms. The Labute approximate surface area is 223 Å². The molecule has 1 amide bonds. The third kappa shape index (κ3) is 5.70. The molecule has 3 N–H and O–H groups in total. The summed E-state index contributed by atoms with van der Waals surface area (Å²) in [6.07, 6.45) is 9.75. The fourth-order valence-electron chi connectivity index (χ4n) is 5.40. The van der Waals surface area contributed by atoms with Crippen LogP contribution in [0.4, 0.5) is 17.2 Å². The summed E-state index contributed by atoms with van der Waals surface area (Å²) in [5.74, 6) is 1.82. The van der Waals surface area contributed by atoms with Gasteiger partial charge in [0, 0.05) is 43.8 Å². The molecule has 10 nitrogen and oxygen atoms in total. The highest BCUT2D eigenvalue weighted by molar-refractivity contribution is 5.77. The summed E-state index contributed by atoms with van der Waals surface area (Å²) < 4.78 is 13.1. The van der Waals surface area contributed by atoms with Crippen molar-refractivity contribution in [3.05, 3.63) is 54.5 Å². The van der Waals surface area contributed by atoms with Gasteiger partial charge in [-0.3, -0.25) is 9.48 Å². The van der Waals surface area contributed by atoms with Crippen LogP contribution in [-0.4, -0.2) is 61.1 Å². The van der Waals surface area contributed by atoms with Gasteiger partial charge in [-0.1, -0.05) is 6.07 Å². The molecule has 1 aromatic carbocycles. The number of nitrogens with zero attached hydrogens (tertiary/aromatic N) is 5. The molecule has 0 saturated carbocycles. The van der Waals surface area contributed by atoms with Gasteiger partial charge in [-0.2, -0.15) is 5.10 Å². The standard InChI is InChI=1S/C28H37N7O3/c1-37-25-6-5-20(14-26(25)38-2)17-34(24-16-32-35(19-24)22-7-10-30-11-8-22)27-15-23(9-12-31-27)33-13-3-4-21(18-33)28(29)36/h5-6,9,12,14-16,19,21-22,30H,3-4,7-8,10-11,13,17-18H2,1-2H3,(H2,29,36)/t21-/m0/s1. The number of amides is 1. The zero-order valence-corrected chi connectivity index (χ0v) is 22.2. The van der Waals surface area contributed by atoms with Crippen LogP contribution >= 0.6 is 0 Å². The van der Waals surface area contributed by atoms with Crippen molar-refractivity contribution in [2.45, 2.75) is 38.3 Å². The Kier molecular flexibility index (Phi) is 7.97. The number of ether oxygens (including phenoxy) is 2. The van der Waals surface area contributed by atoms with Gasteiger partial charge in [-0.15, -0.1) is 0 Å². The third-order valence-corrected chi connectivity index (χ3v) is 7.57. The number of pyridine rings is 1. The van der Waals surface area contributed by atoms with Gasteiger partial charge in [0.05, 0.1) is 38.1 Å². The monoisotopic (exact) mass is 519 g/mol. The molecule has 0 unspecified atom stereocenters. The van der Waals surface area contributed by atoms with Crippen LogP contribution in [0.1, 0.15) is 37.3 Å². The highest BCUT2D eigenvalue weighted by Gasteiger charge is 2.25. The summed E-state index contributed by atoms with van der Waals surface area (Å²) in [6.45, 7) is 4.08. The lowest BCUT2D eigenvalue weighted by Gasteiger charge is -2.33. The topological polar surface area (TPSA) is 111 Å². The molecule has 1 atom stereocenters. The maximum absolute atomic E-state index is 11.9. The first-order valence-electron chi connectivity index (χ1n) is 13.3. The van der Waals surface area contributed by atoms with Crippen molar-refractivity contribution < 1.29 is 14.3 Å². The van der Waals surface area contributed by atoms with Crippen LogP contribution in [0, 0.1) is 5.92 Å². The van der Waals surface area contributed by atoms with Crippen molar-refractivity contribution in [1.29, 1.82) is 0 Å². The average molecular weight is 520 g/mol. The van der Waals surface area contributed by atoms with Crippen LogP contribution in [0.3, 0.4) is 0 Å². The first-order valence-corrected chi connectivity index (χ1v) is 13.3. The molecular formula is C28H37N7O3. The number of rotatable bonds is 9. The quantitative estimate of drug-likeness (QED) is 0.443. The molecule has 2 saturated heterocycles. The number of hydrogen-bond donors (Lipinski definition) is 2. The van der Waals surface area contributed by atoms with Crippen molar-refractivity contribution in [3.8, 4) is 11.5 Å². The Morgan fingerprint density at radius 1 is 1.13 bits per heavy atom. The van der Waals surface area contributed by atoms with Crippen LogP contribution in [0.15, 0.2) is 48.9 Å². The summed E-state index contributed by atoms with van der Waals surface area (Å²) >= 11 is 0. The number of nitrogens with two attached hydrogens (primary N) is 1. The van der Waals surface area contributed by atoms with Gasteiger partial charge >= 0.3 is 0 Å². The second-order valence-electron chi connectivity index (χ2n) is 9.99. The molecule has 2 fully saturated rings. The minimum absolute atomic E-state index is 0.133. The SMILES string of the molecule is COc1ccc(CN(c2cnn(C3CCNCC3)c2)c2cc(N3CCC[C@H](C(N)=O)C3)ccn2)cc1OC. The van der Waals surface area contributed by atoms with E-state index in [4.69, 9.17) is 25.3 Å². The van der Waals surface area contributed by atoms with Gasteiger partial charge in [0.25, 0.3) is 0 Å². The Bertz CT molecular complexity index is 1240. The summed E-state index contributed by atoms with van der Waals surface area (Å²) in [5, 5.41) is 8.17. The average Bonchev–Trinajstić information content (AvgIpc) is 3.46. The molecule has 0 bridgehead atoms. The van der Waals surface area contributed by atoms with Gasteiger partial charge < -0.3 is 30.3 Å². The van der Waals surface area contributed by atoms with E-state index in [9.17, 15) is 4.79 Å². The predicted octanol–water partition coefficient (Wildman–Crippen LogP) is 3.26. The van der Waals surface area contributed by atoms with Crippen LogP contribution in [-0.2, 0) is 11.3 Å². The zero-order valence-electron chi connectivity index (χ0n) is 22.2. The lowest BCUT2D eigenvalue weighted by Crippen LogP contribution is -2.41. The Morgan fingerprint density at radius 2 is 1.95 bits per heavy atom. The van der Waals surface area contributed by atoms with E-state index in [2.05, 4.69) is 32.1 Å². The number of carbonyl (C=O) groups excluding carboxylic acids is 1. The van der Waals surface area contributed by atoms with E-state index in [0.29, 0.717) is 30.6 Å². The van der Waals surface area contributed by atoms with Crippen molar-refractivity contribution in [2.75, 3.05) is 50.2 Å². The lowest BCUT2D eigenvalue weighted by molar-refractivity contribution is -0.122.